The van der Waals surface area contributed by atoms with Crippen molar-refractivity contribution in [1.29, 1.82) is 0 Å². The van der Waals surface area contributed by atoms with E-state index in [1.807, 2.05) is 36.4 Å². The van der Waals surface area contributed by atoms with Crippen molar-refractivity contribution in [2.24, 2.45) is 11.3 Å². The lowest BCUT2D eigenvalue weighted by molar-refractivity contribution is -0.152. The minimum Gasteiger partial charge on any atom is -0.466 e. The van der Waals surface area contributed by atoms with Gasteiger partial charge >= 0.3 is 12.1 Å². The molecule has 244 valence electrons. The Labute approximate surface area is 269 Å². The molecule has 9 nitrogen and oxygen atoms in total. The summed E-state index contributed by atoms with van der Waals surface area (Å²) in [6.07, 6.45) is 7.54. The molecule has 1 aliphatic carbocycles. The van der Waals surface area contributed by atoms with Gasteiger partial charge in [0.15, 0.2) is 5.78 Å². The van der Waals surface area contributed by atoms with Gasteiger partial charge in [0.2, 0.25) is 5.91 Å². The molecule has 3 aliphatic heterocycles. The summed E-state index contributed by atoms with van der Waals surface area (Å²) in [5.74, 6) is -1.31. The third-order valence-electron chi connectivity index (χ3n) is 9.82. The van der Waals surface area contributed by atoms with Crippen molar-refractivity contribution in [3.8, 4) is 0 Å². The largest absolute Gasteiger partial charge is 0.466 e. The summed E-state index contributed by atoms with van der Waals surface area (Å²) >= 11 is 0. The Morgan fingerprint density at radius 2 is 1.87 bits per heavy atom. The molecule has 1 saturated carbocycles. The topological polar surface area (TPSA) is 105 Å². The molecular weight excluding hydrogens is 589 g/mol. The second kappa shape index (κ2) is 13.6. The third-order valence-corrected chi connectivity index (χ3v) is 9.82. The first kappa shape index (κ1) is 31.8. The fraction of sp³-hybridized carbons (Fsp3) is 0.500. The summed E-state index contributed by atoms with van der Waals surface area (Å²) in [5, 5.41) is 3.38. The molecule has 4 aliphatic rings. The summed E-state index contributed by atoms with van der Waals surface area (Å²) < 4.78 is 25.7. The molecule has 1 N–H and O–H groups in total. The fourth-order valence-corrected chi connectivity index (χ4v) is 7.20. The Bertz CT molecular complexity index is 1500. The van der Waals surface area contributed by atoms with Crippen LogP contribution in [0.1, 0.15) is 69.4 Å². The molecule has 3 heterocycles. The van der Waals surface area contributed by atoms with Crippen molar-refractivity contribution in [2.45, 2.75) is 89.6 Å². The number of amides is 2. The van der Waals surface area contributed by atoms with Gasteiger partial charge in [-0.2, -0.15) is 0 Å². The quantitative estimate of drug-likeness (QED) is 0.330. The highest BCUT2D eigenvalue weighted by Gasteiger charge is 2.61. The second-order valence-corrected chi connectivity index (χ2v) is 12.9. The summed E-state index contributed by atoms with van der Waals surface area (Å²) in [6.45, 7) is 2.34. The fourth-order valence-electron chi connectivity index (χ4n) is 7.20. The van der Waals surface area contributed by atoms with Crippen LogP contribution < -0.4 is 5.32 Å². The number of hydrogen-bond donors (Lipinski definition) is 1. The van der Waals surface area contributed by atoms with E-state index in [0.29, 0.717) is 18.4 Å². The van der Waals surface area contributed by atoms with Crippen LogP contribution in [-0.4, -0.2) is 64.9 Å². The number of nitrogens with zero attached hydrogens (tertiary/aromatic N) is 2. The molecular formula is C36H42FN3O6. The molecule has 2 aromatic rings. The number of carbonyl (C=O) groups excluding carboxylic acids is 4. The predicted molar refractivity (Wildman–Crippen MR) is 169 cm³/mol. The van der Waals surface area contributed by atoms with E-state index in [2.05, 4.69) is 11.4 Å². The van der Waals surface area contributed by atoms with Crippen LogP contribution in [0.4, 0.5) is 14.9 Å². The van der Waals surface area contributed by atoms with Gasteiger partial charge in [-0.25, -0.2) is 9.18 Å². The highest BCUT2D eigenvalue weighted by molar-refractivity contribution is 5.96. The smallest absolute Gasteiger partial charge is 0.410 e. The number of hydrogen-bond acceptors (Lipinski definition) is 7. The van der Waals surface area contributed by atoms with Crippen molar-refractivity contribution in [1.82, 2.24) is 9.80 Å². The van der Waals surface area contributed by atoms with Crippen molar-refractivity contribution < 1.29 is 33.0 Å². The van der Waals surface area contributed by atoms with Crippen LogP contribution in [0.15, 0.2) is 60.7 Å². The van der Waals surface area contributed by atoms with Gasteiger partial charge in [0.1, 0.15) is 18.0 Å². The molecule has 46 heavy (non-hydrogen) atoms. The summed E-state index contributed by atoms with van der Waals surface area (Å²) in [4.78, 5) is 57.9. The van der Waals surface area contributed by atoms with Gasteiger partial charge in [-0.3, -0.25) is 19.3 Å². The van der Waals surface area contributed by atoms with E-state index in [1.54, 1.807) is 24.0 Å². The molecule has 2 fully saturated rings. The number of ether oxygens (including phenoxy) is 2. The lowest BCUT2D eigenvalue weighted by atomic mass is 9.91. The lowest BCUT2D eigenvalue weighted by Crippen LogP contribution is -2.48. The van der Waals surface area contributed by atoms with Crippen LogP contribution in [-0.2, 0) is 36.9 Å². The molecule has 0 unspecified atom stereocenters. The molecule has 1 saturated heterocycles. The Morgan fingerprint density at radius 3 is 2.65 bits per heavy atom. The van der Waals surface area contributed by atoms with Crippen LogP contribution >= 0.6 is 0 Å². The summed E-state index contributed by atoms with van der Waals surface area (Å²) in [7, 11) is 0. The standard InChI is InChI=1S/C36H42FN3O6/c1-2-45-34(43)36-19-25(36)13-7-4-3-5-10-17-30(38-26-14-8-6-9-15-26)33(42)40-22-27(18-31(40)32(41)20-36)46-35(44)39-21-24-12-11-16-29(37)28(24)23-39/h6-9,11-16,25,27,30-31,38H,2-5,10,17-23H2,1H3/b13-7-/t25-,27+,30-,31-,36+/m0/s1. The van der Waals surface area contributed by atoms with E-state index in [0.717, 1.165) is 36.9 Å². The Kier molecular flexibility index (Phi) is 9.42. The van der Waals surface area contributed by atoms with Gasteiger partial charge in [-0.15, -0.1) is 0 Å². The van der Waals surface area contributed by atoms with Crippen molar-refractivity contribution in [3.63, 3.8) is 0 Å². The Morgan fingerprint density at radius 1 is 1.04 bits per heavy atom. The maximum absolute atomic E-state index is 14.4. The number of fused-ring (bicyclic) bond motifs is 3. The predicted octanol–water partition coefficient (Wildman–Crippen LogP) is 5.78. The zero-order valence-corrected chi connectivity index (χ0v) is 26.3. The second-order valence-electron chi connectivity index (χ2n) is 12.9. The van der Waals surface area contributed by atoms with Crippen molar-refractivity contribution >= 4 is 29.4 Å². The normalized spacial score (nSPS) is 28.7. The van der Waals surface area contributed by atoms with Gasteiger partial charge in [-0.1, -0.05) is 55.3 Å². The van der Waals surface area contributed by atoms with E-state index < -0.39 is 29.7 Å². The van der Waals surface area contributed by atoms with Crippen LogP contribution in [0.5, 0.6) is 0 Å². The van der Waals surface area contributed by atoms with Crippen LogP contribution in [0.3, 0.4) is 0 Å². The van der Waals surface area contributed by atoms with E-state index in [1.165, 1.54) is 11.0 Å². The van der Waals surface area contributed by atoms with E-state index in [-0.39, 0.29) is 68.5 Å². The molecule has 2 amide bonds. The maximum atomic E-state index is 14.4. The number of ketones is 1. The number of anilines is 1. The monoisotopic (exact) mass is 631 g/mol. The number of carbonyl (C=O) groups is 4. The van der Waals surface area contributed by atoms with Gasteiger partial charge in [0.05, 0.1) is 31.2 Å². The van der Waals surface area contributed by atoms with E-state index in [4.69, 9.17) is 9.47 Å². The van der Waals surface area contributed by atoms with E-state index in [9.17, 15) is 23.6 Å². The highest BCUT2D eigenvalue weighted by atomic mass is 19.1. The van der Waals surface area contributed by atoms with Gasteiger partial charge in [0, 0.05) is 30.6 Å². The Hall–Kier alpha value is -4.21. The number of benzene rings is 2. The molecule has 2 aromatic carbocycles. The van der Waals surface area contributed by atoms with Gasteiger partial charge in [-0.05, 0) is 62.3 Å². The van der Waals surface area contributed by atoms with Gasteiger partial charge < -0.3 is 19.7 Å². The molecule has 10 heteroatoms. The van der Waals surface area contributed by atoms with Crippen LogP contribution in [0, 0.1) is 17.2 Å². The number of halogens is 1. The first-order valence-corrected chi connectivity index (χ1v) is 16.5. The zero-order chi connectivity index (χ0) is 32.3. The Balaban J connectivity index is 1.25. The highest BCUT2D eigenvalue weighted by Crippen LogP contribution is 2.57. The number of esters is 1. The van der Waals surface area contributed by atoms with Crippen molar-refractivity contribution in [3.05, 3.63) is 77.6 Å². The lowest BCUT2D eigenvalue weighted by Gasteiger charge is -2.29. The summed E-state index contributed by atoms with van der Waals surface area (Å²) in [5.41, 5.74) is 1.06. The molecule has 0 bridgehead atoms. The minimum atomic E-state index is -0.944. The number of Topliss-reactive ketones (excluding diaryl/α,β-unsaturated/α-hetero) is 1. The third kappa shape index (κ3) is 6.66. The zero-order valence-electron chi connectivity index (χ0n) is 26.3. The maximum Gasteiger partial charge on any atom is 0.410 e. The average molecular weight is 632 g/mol. The molecule has 5 atom stereocenters. The van der Waals surface area contributed by atoms with E-state index >= 15 is 0 Å². The van der Waals surface area contributed by atoms with Gasteiger partial charge in [0.25, 0.3) is 0 Å². The molecule has 0 radical (unpaired) electrons. The van der Waals surface area contributed by atoms with Crippen molar-refractivity contribution in [2.75, 3.05) is 18.5 Å². The first-order chi connectivity index (χ1) is 22.3. The number of allylic oxidation sites excluding steroid dienone is 2. The SMILES string of the molecule is CCOC(=O)[C@]12CC(=O)[C@@H]3C[C@@H](OC(=O)N4Cc5cccc(F)c5C4)CN3C(=O)[C@@H](Nc3ccccc3)CCCCC/C=C\[C@H]1C2. The number of rotatable bonds is 5. The molecule has 0 spiro atoms. The van der Waals surface area contributed by atoms with Crippen LogP contribution in [0.2, 0.25) is 0 Å². The number of nitrogens with one attached hydrogen (secondary N) is 1. The molecule has 0 aromatic heterocycles. The van der Waals surface area contributed by atoms with Crippen LogP contribution in [0.25, 0.3) is 0 Å². The number of para-hydroxylation sites is 1. The average Bonchev–Trinajstić information content (AvgIpc) is 3.35. The minimum absolute atomic E-state index is 0.0482. The summed E-state index contributed by atoms with van der Waals surface area (Å²) in [6, 6.07) is 12.8. The molecule has 6 rings (SSSR count). The first-order valence-electron chi connectivity index (χ1n) is 16.5.